The lowest BCUT2D eigenvalue weighted by molar-refractivity contribution is 0.629. The molecule has 0 atom stereocenters. The summed E-state index contributed by atoms with van der Waals surface area (Å²) in [6.45, 7) is 0. The van der Waals surface area contributed by atoms with Crippen molar-refractivity contribution in [3.8, 4) is 5.88 Å². The Morgan fingerprint density at radius 2 is 2.00 bits per heavy atom. The first-order chi connectivity index (χ1) is 6.29. The molecular weight excluding hydrogens is 284 g/mol. The Hall–Kier alpha value is -0.910. The van der Waals surface area contributed by atoms with E-state index in [1.54, 1.807) is 35.1 Å². The topological polar surface area (TPSA) is 22.1 Å². The largest absolute Gasteiger partial charge is 0.408 e. The lowest BCUT2D eigenvalue weighted by Crippen LogP contribution is -1.83. The first-order valence-corrected chi connectivity index (χ1v) is 4.52. The standard InChI is InChI=1S/C9H5FINO/c10-7-3-1-6-2-4-9(13-11)12-8(6)5-7/h1-5H. The summed E-state index contributed by atoms with van der Waals surface area (Å²) in [5.74, 6) is 0.198. The van der Waals surface area contributed by atoms with Gasteiger partial charge in [-0.2, -0.15) is 0 Å². The molecule has 0 unspecified atom stereocenters. The quantitative estimate of drug-likeness (QED) is 0.753. The summed E-state index contributed by atoms with van der Waals surface area (Å²) >= 11 is 1.74. The molecule has 1 heterocycles. The van der Waals surface area contributed by atoms with E-state index in [1.165, 1.54) is 12.1 Å². The molecule has 0 spiro atoms. The van der Waals surface area contributed by atoms with Crippen molar-refractivity contribution >= 4 is 33.9 Å². The molecule has 0 saturated carbocycles. The van der Waals surface area contributed by atoms with Crippen LogP contribution in [0.2, 0.25) is 0 Å². The van der Waals surface area contributed by atoms with E-state index in [-0.39, 0.29) is 5.82 Å². The minimum Gasteiger partial charge on any atom is -0.408 e. The zero-order chi connectivity index (χ0) is 9.26. The van der Waals surface area contributed by atoms with Gasteiger partial charge in [0, 0.05) is 17.5 Å². The first kappa shape index (κ1) is 8.68. The van der Waals surface area contributed by atoms with E-state index in [0.29, 0.717) is 11.4 Å². The van der Waals surface area contributed by atoms with Crippen LogP contribution >= 0.6 is 23.0 Å². The molecular formula is C9H5FINO. The summed E-state index contributed by atoms with van der Waals surface area (Å²) in [7, 11) is 0. The van der Waals surface area contributed by atoms with Crippen LogP contribution in [0.1, 0.15) is 0 Å². The van der Waals surface area contributed by atoms with Gasteiger partial charge in [-0.3, -0.25) is 0 Å². The van der Waals surface area contributed by atoms with Gasteiger partial charge >= 0.3 is 0 Å². The number of nitrogens with zero attached hydrogens (tertiary/aromatic N) is 1. The number of fused-ring (bicyclic) bond motifs is 1. The monoisotopic (exact) mass is 289 g/mol. The smallest absolute Gasteiger partial charge is 0.225 e. The maximum absolute atomic E-state index is 12.8. The van der Waals surface area contributed by atoms with E-state index in [1.807, 2.05) is 6.07 Å². The van der Waals surface area contributed by atoms with Crippen LogP contribution in [0.4, 0.5) is 4.39 Å². The molecule has 0 saturated heterocycles. The van der Waals surface area contributed by atoms with Crippen LogP contribution in [-0.2, 0) is 0 Å². The molecule has 1 aromatic heterocycles. The fourth-order valence-corrected chi connectivity index (χ4v) is 1.36. The van der Waals surface area contributed by atoms with Gasteiger partial charge in [-0.1, -0.05) is 0 Å². The van der Waals surface area contributed by atoms with E-state index < -0.39 is 0 Å². The Labute approximate surface area is 88.4 Å². The average molecular weight is 289 g/mol. The van der Waals surface area contributed by atoms with Crippen molar-refractivity contribution in [2.45, 2.75) is 0 Å². The highest BCUT2D eigenvalue weighted by molar-refractivity contribution is 14.1. The van der Waals surface area contributed by atoms with Crippen molar-refractivity contribution in [1.29, 1.82) is 0 Å². The lowest BCUT2D eigenvalue weighted by Gasteiger charge is -1.99. The number of hydrogen-bond donors (Lipinski definition) is 0. The molecule has 1 aromatic carbocycles. The minimum atomic E-state index is -0.286. The van der Waals surface area contributed by atoms with Crippen LogP contribution < -0.4 is 3.07 Å². The zero-order valence-corrected chi connectivity index (χ0v) is 8.66. The van der Waals surface area contributed by atoms with E-state index >= 15 is 0 Å². The highest BCUT2D eigenvalue weighted by Gasteiger charge is 1.99. The van der Waals surface area contributed by atoms with E-state index in [0.717, 1.165) is 5.39 Å². The van der Waals surface area contributed by atoms with E-state index in [9.17, 15) is 4.39 Å². The number of hydrogen-bond acceptors (Lipinski definition) is 2. The highest BCUT2D eigenvalue weighted by Crippen LogP contribution is 2.18. The van der Waals surface area contributed by atoms with Crippen LogP contribution in [0.3, 0.4) is 0 Å². The van der Waals surface area contributed by atoms with Crippen molar-refractivity contribution in [2.75, 3.05) is 0 Å². The maximum Gasteiger partial charge on any atom is 0.225 e. The number of halogens is 2. The average Bonchev–Trinajstić information content (AvgIpc) is 2.16. The summed E-state index contributed by atoms with van der Waals surface area (Å²) in [4.78, 5) is 4.08. The molecule has 2 rings (SSSR count). The van der Waals surface area contributed by atoms with E-state index in [4.69, 9.17) is 3.07 Å². The van der Waals surface area contributed by atoms with Gasteiger partial charge in [0.2, 0.25) is 5.88 Å². The van der Waals surface area contributed by atoms with Crippen LogP contribution in [-0.4, -0.2) is 4.98 Å². The summed E-state index contributed by atoms with van der Waals surface area (Å²) in [5.41, 5.74) is 0.606. The molecule has 0 bridgehead atoms. The molecule has 0 aliphatic rings. The molecule has 2 nitrogen and oxygen atoms in total. The molecule has 0 aliphatic heterocycles. The second-order valence-corrected chi connectivity index (χ2v) is 3.00. The maximum atomic E-state index is 12.8. The Kier molecular flexibility index (Phi) is 2.30. The Morgan fingerprint density at radius 3 is 2.77 bits per heavy atom. The van der Waals surface area contributed by atoms with Crippen LogP contribution in [0.5, 0.6) is 5.88 Å². The summed E-state index contributed by atoms with van der Waals surface area (Å²) in [6.07, 6.45) is 0. The second-order valence-electron chi connectivity index (χ2n) is 2.56. The van der Waals surface area contributed by atoms with Crippen molar-refractivity contribution in [3.05, 3.63) is 36.1 Å². The molecule has 0 radical (unpaired) electrons. The molecule has 0 amide bonds. The van der Waals surface area contributed by atoms with Crippen molar-refractivity contribution in [3.63, 3.8) is 0 Å². The van der Waals surface area contributed by atoms with Gasteiger partial charge in [0.15, 0.2) is 23.0 Å². The summed E-state index contributed by atoms with van der Waals surface area (Å²) < 4.78 is 17.7. The van der Waals surface area contributed by atoms with Gasteiger partial charge in [0.05, 0.1) is 5.52 Å². The molecule has 0 aliphatic carbocycles. The predicted octanol–water partition coefficient (Wildman–Crippen LogP) is 3.10. The van der Waals surface area contributed by atoms with Gasteiger partial charge in [-0.05, 0) is 18.2 Å². The molecule has 66 valence electrons. The van der Waals surface area contributed by atoms with Crippen molar-refractivity contribution in [2.24, 2.45) is 0 Å². The van der Waals surface area contributed by atoms with Crippen LogP contribution in [0.25, 0.3) is 10.9 Å². The Balaban J connectivity index is 2.68. The summed E-state index contributed by atoms with van der Waals surface area (Å²) in [6, 6.07) is 8.07. The first-order valence-electron chi connectivity index (χ1n) is 3.64. The number of benzene rings is 1. The van der Waals surface area contributed by atoms with Gasteiger partial charge in [0.1, 0.15) is 5.82 Å². The molecule has 2 aromatic rings. The molecule has 0 fully saturated rings. The third-order valence-corrected chi connectivity index (χ3v) is 2.16. The number of pyridine rings is 1. The SMILES string of the molecule is Fc1ccc2ccc(OI)nc2c1. The Bertz CT molecular complexity index is 447. The van der Waals surface area contributed by atoms with Gasteiger partial charge in [-0.15, -0.1) is 0 Å². The highest BCUT2D eigenvalue weighted by atomic mass is 127. The fourth-order valence-electron chi connectivity index (χ4n) is 1.11. The number of aromatic nitrogens is 1. The van der Waals surface area contributed by atoms with E-state index in [2.05, 4.69) is 4.98 Å². The second kappa shape index (κ2) is 3.45. The van der Waals surface area contributed by atoms with Crippen LogP contribution in [0.15, 0.2) is 30.3 Å². The van der Waals surface area contributed by atoms with Gasteiger partial charge in [0.25, 0.3) is 0 Å². The number of rotatable bonds is 1. The normalized spacial score (nSPS) is 10.3. The Morgan fingerprint density at radius 1 is 1.23 bits per heavy atom. The summed E-state index contributed by atoms with van der Waals surface area (Å²) in [5, 5.41) is 0.901. The van der Waals surface area contributed by atoms with Crippen LogP contribution in [0, 0.1) is 5.82 Å². The minimum absolute atomic E-state index is 0.286. The van der Waals surface area contributed by atoms with Crippen molar-refractivity contribution in [1.82, 2.24) is 4.98 Å². The molecule has 0 N–H and O–H groups in total. The lowest BCUT2D eigenvalue weighted by atomic mass is 10.2. The molecule has 13 heavy (non-hydrogen) atoms. The predicted molar refractivity (Wildman–Crippen MR) is 56.3 cm³/mol. The van der Waals surface area contributed by atoms with Gasteiger partial charge in [-0.25, -0.2) is 9.37 Å². The third kappa shape index (κ3) is 1.72. The molecule has 4 heteroatoms. The van der Waals surface area contributed by atoms with Crippen molar-refractivity contribution < 1.29 is 7.46 Å². The fraction of sp³-hybridized carbons (Fsp3) is 0. The zero-order valence-electron chi connectivity index (χ0n) is 6.50. The van der Waals surface area contributed by atoms with Gasteiger partial charge < -0.3 is 3.07 Å². The third-order valence-electron chi connectivity index (χ3n) is 1.71.